The molecule has 0 bridgehead atoms. The molecule has 0 aliphatic carbocycles. The van der Waals surface area contributed by atoms with Crippen LogP contribution in [0, 0.1) is 0 Å². The van der Waals surface area contributed by atoms with Crippen LogP contribution in [-0.4, -0.2) is 56.5 Å². The van der Waals surface area contributed by atoms with E-state index in [-0.39, 0.29) is 0 Å². The van der Waals surface area contributed by atoms with Crippen LogP contribution in [0.2, 0.25) is 0 Å². The van der Waals surface area contributed by atoms with Crippen molar-refractivity contribution in [2.45, 2.75) is 25.4 Å². The predicted octanol–water partition coefficient (Wildman–Crippen LogP) is 2.30. The molecule has 0 radical (unpaired) electrons. The van der Waals surface area contributed by atoms with Gasteiger partial charge in [-0.25, -0.2) is 9.97 Å². The molecule has 1 aliphatic heterocycles. The number of hydrogen-bond acceptors (Lipinski definition) is 7. The highest BCUT2D eigenvalue weighted by Crippen LogP contribution is 2.24. The molecular formula is C20H29N5O2. The summed E-state index contributed by atoms with van der Waals surface area (Å²) in [5, 5.41) is 6.67. The number of rotatable bonds is 10. The first-order valence-electron chi connectivity index (χ1n) is 9.48. The van der Waals surface area contributed by atoms with Crippen LogP contribution in [0.1, 0.15) is 18.4 Å². The summed E-state index contributed by atoms with van der Waals surface area (Å²) in [4.78, 5) is 11.0. The van der Waals surface area contributed by atoms with Crippen molar-refractivity contribution < 1.29 is 9.47 Å². The highest BCUT2D eigenvalue weighted by molar-refractivity contribution is 5.49. The topological polar surface area (TPSA) is 71.5 Å². The normalized spacial score (nSPS) is 16.5. The van der Waals surface area contributed by atoms with Gasteiger partial charge in [-0.15, -0.1) is 0 Å². The summed E-state index contributed by atoms with van der Waals surface area (Å²) in [6.45, 7) is 3.94. The maximum Gasteiger partial charge on any atom is 0.134 e. The minimum Gasteiger partial charge on any atom is -0.491 e. The Morgan fingerprint density at radius 2 is 2.15 bits per heavy atom. The van der Waals surface area contributed by atoms with Gasteiger partial charge in [0.15, 0.2) is 0 Å². The summed E-state index contributed by atoms with van der Waals surface area (Å²) in [6.07, 6.45) is 3.99. The van der Waals surface area contributed by atoms with Gasteiger partial charge in [-0.05, 0) is 30.5 Å². The summed E-state index contributed by atoms with van der Waals surface area (Å²) in [5.74, 6) is 2.73. The van der Waals surface area contributed by atoms with Crippen molar-refractivity contribution in [3.63, 3.8) is 0 Å². The quantitative estimate of drug-likeness (QED) is 0.621. The van der Waals surface area contributed by atoms with Crippen LogP contribution in [0.25, 0.3) is 0 Å². The molecule has 2 aromatic rings. The summed E-state index contributed by atoms with van der Waals surface area (Å²) in [5.41, 5.74) is 1.22. The number of aromatic nitrogens is 2. The van der Waals surface area contributed by atoms with E-state index in [2.05, 4.69) is 37.6 Å². The van der Waals surface area contributed by atoms with Crippen molar-refractivity contribution in [2.24, 2.45) is 0 Å². The first kappa shape index (κ1) is 19.4. The number of ether oxygens (including phenoxy) is 2. The van der Waals surface area contributed by atoms with E-state index in [0.717, 1.165) is 37.0 Å². The lowest BCUT2D eigenvalue weighted by Gasteiger charge is -2.26. The van der Waals surface area contributed by atoms with Crippen LogP contribution in [0.4, 0.5) is 11.6 Å². The number of methoxy groups -OCH3 is 1. The average molecular weight is 371 g/mol. The lowest BCUT2D eigenvalue weighted by Crippen LogP contribution is -2.38. The van der Waals surface area contributed by atoms with Gasteiger partial charge in [0, 0.05) is 45.9 Å². The van der Waals surface area contributed by atoms with Crippen molar-refractivity contribution in [1.29, 1.82) is 0 Å². The summed E-state index contributed by atoms with van der Waals surface area (Å²) < 4.78 is 10.7. The summed E-state index contributed by atoms with van der Waals surface area (Å²) >= 11 is 0. The molecule has 1 aromatic heterocycles. The maximum absolute atomic E-state index is 5.68. The molecule has 0 spiro atoms. The minimum absolute atomic E-state index is 0.450. The molecule has 146 valence electrons. The zero-order valence-corrected chi connectivity index (χ0v) is 16.1. The molecule has 1 fully saturated rings. The molecule has 7 nitrogen and oxygen atoms in total. The molecule has 27 heavy (non-hydrogen) atoms. The molecule has 1 aliphatic rings. The Bertz CT molecular complexity index is 712. The van der Waals surface area contributed by atoms with Gasteiger partial charge in [-0.2, -0.15) is 0 Å². The Morgan fingerprint density at radius 1 is 1.22 bits per heavy atom. The van der Waals surface area contributed by atoms with Gasteiger partial charge in [-0.1, -0.05) is 12.1 Å². The van der Waals surface area contributed by atoms with E-state index in [1.165, 1.54) is 18.4 Å². The standard InChI is InChI=1S/C20H29N5O2/c1-21-19-12-20(24-15-23-19)25-8-4-6-17(25)14-22-13-16-5-3-7-18(11-16)27-10-9-26-2/h3,5,7,11-12,15,17,22H,4,6,8-10,13-14H2,1-2H3,(H,21,23,24). The third-order valence-electron chi connectivity index (χ3n) is 4.74. The fourth-order valence-corrected chi connectivity index (χ4v) is 3.36. The molecule has 1 aromatic carbocycles. The van der Waals surface area contributed by atoms with Gasteiger partial charge in [0.25, 0.3) is 0 Å². The van der Waals surface area contributed by atoms with Crippen molar-refractivity contribution in [1.82, 2.24) is 15.3 Å². The van der Waals surface area contributed by atoms with Crippen LogP contribution in [0.3, 0.4) is 0 Å². The second-order valence-electron chi connectivity index (χ2n) is 6.62. The van der Waals surface area contributed by atoms with Gasteiger partial charge in [-0.3, -0.25) is 0 Å². The van der Waals surface area contributed by atoms with E-state index in [4.69, 9.17) is 9.47 Å². The van der Waals surface area contributed by atoms with E-state index >= 15 is 0 Å². The molecule has 3 rings (SSSR count). The molecule has 0 saturated carbocycles. The molecule has 2 N–H and O–H groups in total. The van der Waals surface area contributed by atoms with Gasteiger partial charge in [0.2, 0.25) is 0 Å². The Balaban J connectivity index is 1.51. The van der Waals surface area contributed by atoms with Gasteiger partial charge < -0.3 is 25.0 Å². The van der Waals surface area contributed by atoms with E-state index in [9.17, 15) is 0 Å². The Morgan fingerprint density at radius 3 is 3.00 bits per heavy atom. The number of benzene rings is 1. The zero-order chi connectivity index (χ0) is 18.9. The largest absolute Gasteiger partial charge is 0.491 e. The first-order chi connectivity index (χ1) is 13.3. The van der Waals surface area contributed by atoms with E-state index in [1.54, 1.807) is 13.4 Å². The minimum atomic E-state index is 0.450. The van der Waals surface area contributed by atoms with Crippen molar-refractivity contribution in [3.8, 4) is 5.75 Å². The average Bonchev–Trinajstić information content (AvgIpc) is 3.17. The van der Waals surface area contributed by atoms with E-state index in [1.807, 2.05) is 25.2 Å². The molecule has 1 atom stereocenters. The van der Waals surface area contributed by atoms with Crippen LogP contribution in [0.5, 0.6) is 5.75 Å². The molecule has 1 saturated heterocycles. The van der Waals surface area contributed by atoms with Gasteiger partial charge in [0.05, 0.1) is 6.61 Å². The fraction of sp³-hybridized carbons (Fsp3) is 0.500. The highest BCUT2D eigenvalue weighted by atomic mass is 16.5. The second kappa shape index (κ2) is 10.1. The van der Waals surface area contributed by atoms with E-state index in [0.29, 0.717) is 19.3 Å². The molecule has 2 heterocycles. The lowest BCUT2D eigenvalue weighted by molar-refractivity contribution is 0.146. The van der Waals surface area contributed by atoms with Gasteiger partial charge in [0.1, 0.15) is 30.3 Å². The van der Waals surface area contributed by atoms with E-state index < -0.39 is 0 Å². The Kier molecular flexibility index (Phi) is 7.24. The van der Waals surface area contributed by atoms with Crippen LogP contribution >= 0.6 is 0 Å². The van der Waals surface area contributed by atoms with Crippen molar-refractivity contribution in [2.75, 3.05) is 50.7 Å². The van der Waals surface area contributed by atoms with Crippen LogP contribution < -0.4 is 20.3 Å². The fourth-order valence-electron chi connectivity index (χ4n) is 3.36. The molecule has 1 unspecified atom stereocenters. The van der Waals surface area contributed by atoms with Crippen molar-refractivity contribution in [3.05, 3.63) is 42.2 Å². The smallest absolute Gasteiger partial charge is 0.134 e. The number of hydrogen-bond donors (Lipinski definition) is 2. The van der Waals surface area contributed by atoms with Crippen LogP contribution in [-0.2, 0) is 11.3 Å². The third-order valence-corrected chi connectivity index (χ3v) is 4.74. The molecular weight excluding hydrogens is 342 g/mol. The highest BCUT2D eigenvalue weighted by Gasteiger charge is 2.25. The Labute approximate surface area is 161 Å². The monoisotopic (exact) mass is 371 g/mol. The zero-order valence-electron chi connectivity index (χ0n) is 16.1. The number of anilines is 2. The second-order valence-corrected chi connectivity index (χ2v) is 6.62. The summed E-state index contributed by atoms with van der Waals surface area (Å²) in [6, 6.07) is 10.7. The van der Waals surface area contributed by atoms with Crippen LogP contribution in [0.15, 0.2) is 36.7 Å². The number of nitrogens with zero attached hydrogens (tertiary/aromatic N) is 3. The van der Waals surface area contributed by atoms with Crippen molar-refractivity contribution >= 4 is 11.6 Å². The SMILES string of the molecule is CNc1cc(N2CCCC2CNCc2cccc(OCCOC)c2)ncn1. The first-order valence-corrected chi connectivity index (χ1v) is 9.48. The van der Waals surface area contributed by atoms with Gasteiger partial charge >= 0.3 is 0 Å². The third kappa shape index (κ3) is 5.55. The summed E-state index contributed by atoms with van der Waals surface area (Å²) in [7, 11) is 3.55. The molecule has 7 heteroatoms. The Hall–Kier alpha value is -2.38. The number of nitrogens with one attached hydrogen (secondary N) is 2. The maximum atomic E-state index is 5.68. The lowest BCUT2D eigenvalue weighted by atomic mass is 10.2. The molecule has 0 amide bonds. The predicted molar refractivity (Wildman–Crippen MR) is 107 cm³/mol.